The molecule has 0 bridgehead atoms. The van der Waals surface area contributed by atoms with Gasteiger partial charge in [0.15, 0.2) is 11.5 Å². The molecule has 0 aliphatic heterocycles. The lowest BCUT2D eigenvalue weighted by atomic mass is 10.1. The van der Waals surface area contributed by atoms with Crippen molar-refractivity contribution in [3.8, 4) is 0 Å². The third-order valence-corrected chi connectivity index (χ3v) is 4.61. The van der Waals surface area contributed by atoms with Crippen molar-refractivity contribution in [2.24, 2.45) is 0 Å². The summed E-state index contributed by atoms with van der Waals surface area (Å²) in [4.78, 5) is 18.9. The van der Waals surface area contributed by atoms with E-state index in [2.05, 4.69) is 14.7 Å². The maximum atomic E-state index is 13.1. The van der Waals surface area contributed by atoms with Crippen LogP contribution in [0, 0.1) is 0 Å². The molecule has 0 amide bonds. The molecule has 1 aromatic heterocycles. The fourth-order valence-corrected chi connectivity index (χ4v) is 3.53. The number of sulfonamides is 1. The van der Waals surface area contributed by atoms with Crippen LogP contribution in [0.2, 0.25) is 5.02 Å². The number of methoxy groups -OCH3 is 1. The molecule has 2 aromatic rings. The van der Waals surface area contributed by atoms with Crippen molar-refractivity contribution in [3.63, 3.8) is 0 Å². The zero-order valence-corrected chi connectivity index (χ0v) is 14.6. The summed E-state index contributed by atoms with van der Waals surface area (Å²) in [6.07, 6.45) is -2.57. The molecule has 0 atom stereocenters. The average molecular weight is 410 g/mol. The van der Waals surface area contributed by atoms with Gasteiger partial charge in [0.25, 0.3) is 0 Å². The first kappa shape index (κ1) is 19.9. The van der Waals surface area contributed by atoms with E-state index < -0.39 is 50.6 Å². The van der Waals surface area contributed by atoms with Crippen molar-refractivity contribution in [2.45, 2.75) is 11.9 Å². The second-order valence-corrected chi connectivity index (χ2v) is 7.00. The molecule has 26 heavy (non-hydrogen) atoms. The van der Waals surface area contributed by atoms with Gasteiger partial charge in [-0.15, -0.1) is 0 Å². The van der Waals surface area contributed by atoms with Gasteiger partial charge < -0.3 is 4.74 Å². The maximum Gasteiger partial charge on any atom is 0.416 e. The Morgan fingerprint density at radius 3 is 2.54 bits per heavy atom. The topological polar surface area (TPSA) is 98.2 Å². The van der Waals surface area contributed by atoms with Gasteiger partial charge >= 0.3 is 12.1 Å². The summed E-state index contributed by atoms with van der Waals surface area (Å²) in [6.45, 7) is 0. The third-order valence-electron chi connectivity index (χ3n) is 3.09. The van der Waals surface area contributed by atoms with Gasteiger partial charge in [0.1, 0.15) is 0 Å². The minimum absolute atomic E-state index is 0.363. The first-order chi connectivity index (χ1) is 12.0. The lowest BCUT2D eigenvalue weighted by Crippen LogP contribution is -2.21. The zero-order chi connectivity index (χ0) is 19.5. The number of carbonyl (C=O) groups is 1. The lowest BCUT2D eigenvalue weighted by molar-refractivity contribution is -0.138. The fraction of sp³-hybridized carbons (Fsp3) is 0.214. The summed E-state index contributed by atoms with van der Waals surface area (Å²) in [6, 6.07) is 2.93. The Labute approximate surface area is 151 Å². The number of benzene rings is 1. The van der Waals surface area contributed by atoms with Crippen LogP contribution in [0.15, 0.2) is 30.6 Å². The molecular weight excluding hydrogens is 399 g/mol. The molecule has 0 spiro atoms. The number of ether oxygens (including phenoxy) is 1. The van der Waals surface area contributed by atoms with E-state index in [1.807, 2.05) is 4.72 Å². The molecular formula is C14H11ClF3N3O4S. The van der Waals surface area contributed by atoms with E-state index in [1.54, 1.807) is 0 Å². The zero-order valence-electron chi connectivity index (χ0n) is 13.0. The molecule has 7 nitrogen and oxygen atoms in total. The number of anilines is 1. The van der Waals surface area contributed by atoms with E-state index in [0.717, 1.165) is 37.7 Å². The van der Waals surface area contributed by atoms with E-state index in [4.69, 9.17) is 11.6 Å². The Bertz CT molecular complexity index is 935. The number of esters is 1. The van der Waals surface area contributed by atoms with Gasteiger partial charge in [-0.05, 0) is 17.7 Å². The van der Waals surface area contributed by atoms with Gasteiger partial charge in [0, 0.05) is 17.4 Å². The van der Waals surface area contributed by atoms with Crippen molar-refractivity contribution in [3.05, 3.63) is 52.4 Å². The van der Waals surface area contributed by atoms with Crippen LogP contribution < -0.4 is 4.72 Å². The number of hydrogen-bond donors (Lipinski definition) is 1. The Morgan fingerprint density at radius 2 is 1.92 bits per heavy atom. The number of alkyl halides is 3. The van der Waals surface area contributed by atoms with Crippen LogP contribution in [0.25, 0.3) is 0 Å². The smallest absolute Gasteiger partial charge is 0.416 e. The highest BCUT2D eigenvalue weighted by molar-refractivity contribution is 7.91. The molecule has 12 heteroatoms. The van der Waals surface area contributed by atoms with Gasteiger partial charge in [-0.3, -0.25) is 4.72 Å². The standard InChI is InChI=1S/C14H11ClF3N3O4S/c1-25-13(22)11-12(20-6-5-19-11)21-26(23,24)7-8-9(14(16,17)18)3-2-4-10(8)15/h2-6H,7H2,1H3,(H,20,21). The second-order valence-electron chi connectivity index (χ2n) is 4.87. The van der Waals surface area contributed by atoms with Gasteiger partial charge in [0.05, 0.1) is 18.4 Å². The summed E-state index contributed by atoms with van der Waals surface area (Å²) < 4.78 is 70.3. The molecule has 0 radical (unpaired) electrons. The van der Waals surface area contributed by atoms with Gasteiger partial charge in [0.2, 0.25) is 10.0 Å². The molecule has 2 rings (SSSR count). The Kier molecular flexibility index (Phi) is 5.71. The van der Waals surface area contributed by atoms with Crippen molar-refractivity contribution < 1.29 is 31.1 Å². The van der Waals surface area contributed by atoms with Gasteiger partial charge in [-0.1, -0.05) is 17.7 Å². The minimum Gasteiger partial charge on any atom is -0.464 e. The number of rotatable bonds is 5. The molecule has 1 aromatic carbocycles. The first-order valence-corrected chi connectivity index (χ1v) is 8.82. The highest BCUT2D eigenvalue weighted by Crippen LogP contribution is 2.36. The number of nitrogens with zero attached hydrogens (tertiary/aromatic N) is 2. The number of aromatic nitrogens is 2. The maximum absolute atomic E-state index is 13.1. The second kappa shape index (κ2) is 7.46. The number of nitrogens with one attached hydrogen (secondary N) is 1. The molecule has 0 aliphatic carbocycles. The summed E-state index contributed by atoms with van der Waals surface area (Å²) >= 11 is 5.75. The monoisotopic (exact) mass is 409 g/mol. The number of carbonyl (C=O) groups excluding carboxylic acids is 1. The SMILES string of the molecule is COC(=O)c1nccnc1NS(=O)(=O)Cc1c(Cl)cccc1C(F)(F)F. The summed E-state index contributed by atoms with van der Waals surface area (Å²) in [5, 5.41) is -0.363. The van der Waals surface area contributed by atoms with E-state index in [9.17, 15) is 26.4 Å². The van der Waals surface area contributed by atoms with Gasteiger partial charge in [-0.2, -0.15) is 13.2 Å². The molecule has 1 N–H and O–H groups in total. The van der Waals surface area contributed by atoms with Crippen LogP contribution in [0.5, 0.6) is 0 Å². The summed E-state index contributed by atoms with van der Waals surface area (Å²) in [5.41, 5.74) is -2.24. The van der Waals surface area contributed by atoms with Crippen LogP contribution in [0.1, 0.15) is 21.6 Å². The van der Waals surface area contributed by atoms with Crippen molar-refractivity contribution in [1.29, 1.82) is 0 Å². The quantitative estimate of drug-likeness (QED) is 0.762. The Morgan fingerprint density at radius 1 is 1.27 bits per heavy atom. The Hall–Kier alpha value is -2.40. The fourth-order valence-electron chi connectivity index (χ4n) is 2.00. The lowest BCUT2D eigenvalue weighted by Gasteiger charge is -2.15. The van der Waals surface area contributed by atoms with E-state index >= 15 is 0 Å². The van der Waals surface area contributed by atoms with E-state index in [0.29, 0.717) is 0 Å². The minimum atomic E-state index is -4.79. The molecule has 0 unspecified atom stereocenters. The number of hydrogen-bond acceptors (Lipinski definition) is 6. The van der Waals surface area contributed by atoms with Gasteiger partial charge in [-0.25, -0.2) is 23.2 Å². The van der Waals surface area contributed by atoms with Crippen LogP contribution in [0.4, 0.5) is 19.0 Å². The van der Waals surface area contributed by atoms with Crippen LogP contribution in [-0.2, 0) is 26.7 Å². The third kappa shape index (κ3) is 4.61. The molecule has 0 aliphatic rings. The Balaban J connectivity index is 2.40. The molecule has 140 valence electrons. The highest BCUT2D eigenvalue weighted by Gasteiger charge is 2.35. The molecule has 0 fully saturated rings. The normalized spacial score (nSPS) is 11.9. The molecule has 0 saturated carbocycles. The molecule has 0 saturated heterocycles. The van der Waals surface area contributed by atoms with E-state index in [1.165, 1.54) is 0 Å². The largest absolute Gasteiger partial charge is 0.464 e. The highest BCUT2D eigenvalue weighted by atomic mass is 35.5. The molecule has 1 heterocycles. The van der Waals surface area contributed by atoms with Crippen LogP contribution in [0.3, 0.4) is 0 Å². The van der Waals surface area contributed by atoms with Crippen molar-refractivity contribution in [2.75, 3.05) is 11.8 Å². The van der Waals surface area contributed by atoms with Crippen LogP contribution >= 0.6 is 11.6 Å². The van der Waals surface area contributed by atoms with Crippen molar-refractivity contribution >= 4 is 33.4 Å². The summed E-state index contributed by atoms with van der Waals surface area (Å²) in [5.74, 6) is -2.52. The van der Waals surface area contributed by atoms with E-state index in [-0.39, 0.29) is 5.02 Å². The average Bonchev–Trinajstić information content (AvgIpc) is 2.55. The summed E-state index contributed by atoms with van der Waals surface area (Å²) in [7, 11) is -3.35. The predicted octanol–water partition coefficient (Wildman–Crippen LogP) is 2.88. The number of halogens is 4. The van der Waals surface area contributed by atoms with Crippen LogP contribution in [-0.4, -0.2) is 31.5 Å². The predicted molar refractivity (Wildman–Crippen MR) is 86.1 cm³/mol. The van der Waals surface area contributed by atoms with Crippen molar-refractivity contribution in [1.82, 2.24) is 9.97 Å². The first-order valence-electron chi connectivity index (χ1n) is 6.79.